The third-order valence-corrected chi connectivity index (χ3v) is 4.61. The van der Waals surface area contributed by atoms with Crippen molar-refractivity contribution in [2.45, 2.75) is 97.3 Å². The highest BCUT2D eigenvalue weighted by Gasteiger charge is 2.14. The molecule has 102 valence electrons. The summed E-state index contributed by atoms with van der Waals surface area (Å²) in [6, 6.07) is 0. The molecule has 17 heavy (non-hydrogen) atoms. The summed E-state index contributed by atoms with van der Waals surface area (Å²) in [6.07, 6.45) is 19.4. The van der Waals surface area contributed by atoms with Crippen LogP contribution in [0.1, 0.15) is 97.3 Å². The highest BCUT2D eigenvalue weighted by atomic mass is 14.2. The van der Waals surface area contributed by atoms with Gasteiger partial charge in [-0.25, -0.2) is 0 Å². The first-order chi connectivity index (χ1) is 8.36. The Morgan fingerprint density at radius 1 is 0.824 bits per heavy atom. The second kappa shape index (κ2) is 9.97. The molecule has 0 amide bonds. The molecule has 0 aliphatic heterocycles. The van der Waals surface area contributed by atoms with Crippen molar-refractivity contribution >= 4 is 0 Å². The second-order valence-corrected chi connectivity index (χ2v) is 6.23. The van der Waals surface area contributed by atoms with Crippen molar-refractivity contribution < 1.29 is 0 Å². The van der Waals surface area contributed by atoms with Crippen molar-refractivity contribution in [2.24, 2.45) is 11.8 Å². The largest absolute Gasteiger partial charge is 0.0654 e. The smallest absolute Gasteiger partial charge is 0.0414 e. The van der Waals surface area contributed by atoms with Crippen LogP contribution in [0.2, 0.25) is 0 Å². The molecule has 0 bridgehead atoms. The zero-order chi connectivity index (χ0) is 12.3. The van der Waals surface area contributed by atoms with Crippen LogP contribution in [-0.2, 0) is 0 Å². The summed E-state index contributed by atoms with van der Waals surface area (Å²) in [5, 5.41) is 0. The Balaban J connectivity index is 2.07. The Bertz CT molecular complexity index is 155. The lowest BCUT2D eigenvalue weighted by Crippen LogP contribution is -2.07. The van der Waals surface area contributed by atoms with Gasteiger partial charge < -0.3 is 0 Å². The lowest BCUT2D eigenvalue weighted by atomic mass is 9.84. The molecule has 0 saturated heterocycles. The van der Waals surface area contributed by atoms with Crippen LogP contribution in [0.25, 0.3) is 0 Å². The summed E-state index contributed by atoms with van der Waals surface area (Å²) in [4.78, 5) is 0. The first-order valence-corrected chi connectivity index (χ1v) is 8.36. The maximum absolute atomic E-state index is 2.35. The molecule has 0 heteroatoms. The molecule has 0 spiro atoms. The molecule has 0 N–H and O–H groups in total. The fraction of sp³-hybridized carbons (Fsp3) is 1.00. The summed E-state index contributed by atoms with van der Waals surface area (Å²) in [5.41, 5.74) is 0. The van der Waals surface area contributed by atoms with Gasteiger partial charge >= 0.3 is 0 Å². The predicted molar refractivity (Wildman–Crippen MR) is 78.3 cm³/mol. The van der Waals surface area contributed by atoms with Crippen LogP contribution in [0.5, 0.6) is 0 Å². The molecule has 0 nitrogen and oxygen atoms in total. The zero-order valence-electron chi connectivity index (χ0n) is 12.3. The molecule has 1 aliphatic rings. The molecule has 0 aromatic rings. The summed E-state index contributed by atoms with van der Waals surface area (Å²) in [5.74, 6) is 2.14. The van der Waals surface area contributed by atoms with E-state index in [0.29, 0.717) is 0 Å². The van der Waals surface area contributed by atoms with Crippen molar-refractivity contribution in [1.29, 1.82) is 0 Å². The lowest BCUT2D eigenvalue weighted by molar-refractivity contribution is 0.308. The summed E-state index contributed by atoms with van der Waals surface area (Å²) >= 11 is 0. The normalized spacial score (nSPS) is 19.4. The fourth-order valence-electron chi connectivity index (χ4n) is 3.51. The Morgan fingerprint density at radius 2 is 1.53 bits per heavy atom. The maximum atomic E-state index is 2.35. The van der Waals surface area contributed by atoms with E-state index in [-0.39, 0.29) is 0 Å². The van der Waals surface area contributed by atoms with Crippen LogP contribution in [-0.4, -0.2) is 0 Å². The predicted octanol–water partition coefficient (Wildman–Crippen LogP) is 6.34. The van der Waals surface area contributed by atoms with E-state index in [9.17, 15) is 0 Å². The number of rotatable bonds is 9. The summed E-state index contributed by atoms with van der Waals surface area (Å²) in [6.45, 7) is 4.67. The van der Waals surface area contributed by atoms with Gasteiger partial charge in [0.05, 0.1) is 0 Å². The van der Waals surface area contributed by atoms with Gasteiger partial charge in [-0.2, -0.15) is 0 Å². The van der Waals surface area contributed by atoms with E-state index in [0.717, 1.165) is 11.8 Å². The molecule has 0 aromatic heterocycles. The molecule has 1 aliphatic carbocycles. The highest BCUT2D eigenvalue weighted by Crippen LogP contribution is 2.29. The number of hydrogen-bond donors (Lipinski definition) is 0. The van der Waals surface area contributed by atoms with Gasteiger partial charge in [0.1, 0.15) is 0 Å². The van der Waals surface area contributed by atoms with E-state index in [4.69, 9.17) is 0 Å². The van der Waals surface area contributed by atoms with Gasteiger partial charge in [-0.15, -0.1) is 0 Å². The molecule has 0 heterocycles. The quantitative estimate of drug-likeness (QED) is 0.439. The topological polar surface area (TPSA) is 0 Å². The van der Waals surface area contributed by atoms with Crippen LogP contribution in [0, 0.1) is 11.8 Å². The van der Waals surface area contributed by atoms with Crippen LogP contribution in [0.3, 0.4) is 0 Å². The minimum Gasteiger partial charge on any atom is -0.0654 e. The third kappa shape index (κ3) is 7.11. The monoisotopic (exact) mass is 238 g/mol. The molecule has 1 rings (SSSR count). The average Bonchev–Trinajstić information content (AvgIpc) is 2.37. The van der Waals surface area contributed by atoms with E-state index in [1.807, 2.05) is 0 Å². The summed E-state index contributed by atoms with van der Waals surface area (Å²) in [7, 11) is 0. The van der Waals surface area contributed by atoms with Crippen molar-refractivity contribution in [3.8, 4) is 0 Å². The maximum Gasteiger partial charge on any atom is -0.0414 e. The first kappa shape index (κ1) is 15.1. The van der Waals surface area contributed by atoms with Crippen LogP contribution in [0.4, 0.5) is 0 Å². The van der Waals surface area contributed by atoms with Crippen molar-refractivity contribution in [3.05, 3.63) is 0 Å². The van der Waals surface area contributed by atoms with E-state index in [1.54, 1.807) is 0 Å². The highest BCUT2D eigenvalue weighted by molar-refractivity contribution is 4.67. The molecule has 1 unspecified atom stereocenters. The fourth-order valence-corrected chi connectivity index (χ4v) is 3.51. The van der Waals surface area contributed by atoms with Crippen molar-refractivity contribution in [3.63, 3.8) is 0 Å². The Kier molecular flexibility index (Phi) is 8.83. The van der Waals surface area contributed by atoms with Crippen LogP contribution in [0.15, 0.2) is 0 Å². The SMILES string of the molecule is CCCCC(CCC)CCCC1CCCCC1. The van der Waals surface area contributed by atoms with Crippen LogP contribution < -0.4 is 0 Å². The lowest BCUT2D eigenvalue weighted by Gasteiger charge is -2.22. The van der Waals surface area contributed by atoms with Crippen molar-refractivity contribution in [1.82, 2.24) is 0 Å². The van der Waals surface area contributed by atoms with Crippen LogP contribution >= 0.6 is 0 Å². The first-order valence-electron chi connectivity index (χ1n) is 8.36. The number of hydrogen-bond acceptors (Lipinski definition) is 0. The number of unbranched alkanes of at least 4 members (excludes halogenated alkanes) is 1. The Hall–Kier alpha value is 0. The van der Waals surface area contributed by atoms with E-state index in [1.165, 1.54) is 83.5 Å². The standard InChI is InChI=1S/C17H34/c1-3-5-11-16(10-4-2)14-9-15-17-12-7-6-8-13-17/h16-17H,3-15H2,1-2H3. The zero-order valence-corrected chi connectivity index (χ0v) is 12.3. The molecule has 1 atom stereocenters. The summed E-state index contributed by atoms with van der Waals surface area (Å²) < 4.78 is 0. The third-order valence-electron chi connectivity index (χ3n) is 4.61. The van der Waals surface area contributed by atoms with Gasteiger partial charge in [0.2, 0.25) is 0 Å². The molecule has 1 saturated carbocycles. The molecule has 0 radical (unpaired) electrons. The Labute approximate surface area is 110 Å². The average molecular weight is 238 g/mol. The minimum absolute atomic E-state index is 1.04. The molecular formula is C17H34. The molecule has 1 fully saturated rings. The van der Waals surface area contributed by atoms with Gasteiger partial charge in [0, 0.05) is 0 Å². The van der Waals surface area contributed by atoms with Gasteiger partial charge in [0.15, 0.2) is 0 Å². The van der Waals surface area contributed by atoms with E-state index in [2.05, 4.69) is 13.8 Å². The van der Waals surface area contributed by atoms with E-state index >= 15 is 0 Å². The minimum atomic E-state index is 1.04. The van der Waals surface area contributed by atoms with Crippen molar-refractivity contribution in [2.75, 3.05) is 0 Å². The second-order valence-electron chi connectivity index (χ2n) is 6.23. The van der Waals surface area contributed by atoms with Gasteiger partial charge in [0.25, 0.3) is 0 Å². The van der Waals surface area contributed by atoms with Gasteiger partial charge in [-0.1, -0.05) is 97.3 Å². The van der Waals surface area contributed by atoms with Gasteiger partial charge in [-0.05, 0) is 11.8 Å². The van der Waals surface area contributed by atoms with Gasteiger partial charge in [-0.3, -0.25) is 0 Å². The Morgan fingerprint density at radius 3 is 2.18 bits per heavy atom. The van der Waals surface area contributed by atoms with E-state index < -0.39 is 0 Å². The molecule has 0 aromatic carbocycles. The molecular weight excluding hydrogens is 204 g/mol.